The Morgan fingerprint density at radius 1 is 0.900 bits per heavy atom. The third-order valence-corrected chi connectivity index (χ3v) is 5.22. The van der Waals surface area contributed by atoms with Crippen molar-refractivity contribution in [2.45, 2.75) is 25.2 Å². The molecule has 3 atom stereocenters. The second-order valence-corrected chi connectivity index (χ2v) is 7.31. The lowest BCUT2D eigenvalue weighted by Gasteiger charge is -2.31. The lowest BCUT2D eigenvalue weighted by molar-refractivity contribution is -0.0731. The molecule has 152 valence electrons. The molecule has 4 rings (SSSR count). The van der Waals surface area contributed by atoms with E-state index in [0.29, 0.717) is 5.56 Å². The van der Waals surface area contributed by atoms with Crippen LogP contribution in [0, 0.1) is 0 Å². The fourth-order valence-corrected chi connectivity index (χ4v) is 3.52. The number of aliphatic hydroxyl groups is 1. The number of ketones is 1. The van der Waals surface area contributed by atoms with Gasteiger partial charge in [-0.25, -0.2) is 0 Å². The summed E-state index contributed by atoms with van der Waals surface area (Å²) in [6.45, 7) is 1.39. The fraction of sp³-hybridized carbons (Fsp3) is 0.192. The summed E-state index contributed by atoms with van der Waals surface area (Å²) in [6.07, 6.45) is 2.70. The first-order chi connectivity index (χ1) is 14.6. The van der Waals surface area contributed by atoms with Crippen LogP contribution in [-0.2, 0) is 4.74 Å². The normalized spacial score (nSPS) is 20.7. The van der Waals surface area contributed by atoms with Gasteiger partial charge in [0, 0.05) is 5.56 Å². The lowest BCUT2D eigenvalue weighted by atomic mass is 10.0. The lowest BCUT2D eigenvalue weighted by Crippen LogP contribution is -2.39. The van der Waals surface area contributed by atoms with Gasteiger partial charge in [-0.05, 0) is 41.8 Å². The highest BCUT2D eigenvalue weighted by molar-refractivity contribution is 5.94. The minimum Gasteiger partial charge on any atom is -0.484 e. The number of Topliss-reactive ketones (excluding diaryl/α,β-unsaturated/α-hetero) is 1. The van der Waals surface area contributed by atoms with E-state index in [4.69, 9.17) is 9.47 Å². The molecular formula is C26H24O4. The van der Waals surface area contributed by atoms with Crippen molar-refractivity contribution in [3.05, 3.63) is 102 Å². The van der Waals surface area contributed by atoms with Crippen LogP contribution in [0.2, 0.25) is 0 Å². The molecule has 1 heterocycles. The largest absolute Gasteiger partial charge is 0.484 e. The van der Waals surface area contributed by atoms with Gasteiger partial charge >= 0.3 is 0 Å². The van der Waals surface area contributed by atoms with Gasteiger partial charge in [0.15, 0.2) is 5.78 Å². The number of carbonyl (C=O) groups is 1. The Morgan fingerprint density at radius 2 is 1.57 bits per heavy atom. The van der Waals surface area contributed by atoms with Crippen molar-refractivity contribution >= 4 is 5.78 Å². The summed E-state index contributed by atoms with van der Waals surface area (Å²) in [7, 11) is 0. The summed E-state index contributed by atoms with van der Waals surface area (Å²) < 4.78 is 12.1. The van der Waals surface area contributed by atoms with E-state index in [1.165, 1.54) is 0 Å². The summed E-state index contributed by atoms with van der Waals surface area (Å²) in [5.74, 6) is 0.747. The molecule has 0 bridgehead atoms. The molecule has 3 aromatic carbocycles. The molecule has 0 amide bonds. The molecule has 0 radical (unpaired) electrons. The van der Waals surface area contributed by atoms with Crippen molar-refractivity contribution in [1.82, 2.24) is 0 Å². The fourth-order valence-electron chi connectivity index (χ4n) is 3.52. The zero-order valence-corrected chi connectivity index (χ0v) is 16.8. The zero-order valence-electron chi connectivity index (χ0n) is 16.8. The quantitative estimate of drug-likeness (QED) is 0.468. The van der Waals surface area contributed by atoms with Crippen molar-refractivity contribution in [2.24, 2.45) is 0 Å². The molecule has 30 heavy (non-hydrogen) atoms. The van der Waals surface area contributed by atoms with Gasteiger partial charge in [-0.2, -0.15) is 0 Å². The van der Waals surface area contributed by atoms with Crippen LogP contribution in [-0.4, -0.2) is 29.7 Å². The first kappa shape index (κ1) is 20.1. The second-order valence-electron chi connectivity index (χ2n) is 7.31. The topological polar surface area (TPSA) is 55.8 Å². The number of ether oxygens (including phenoxy) is 2. The van der Waals surface area contributed by atoms with Crippen molar-refractivity contribution in [2.75, 3.05) is 6.61 Å². The monoisotopic (exact) mass is 400 g/mol. The average Bonchev–Trinajstić information content (AvgIpc) is 2.80. The standard InChI is InChI=1S/C26H24O4/c1-18(28)19-7-9-22(10-8-19)24-15-16-25(26(17-27)30-24)29-23-13-11-21(12-14-23)20-5-3-2-4-6-20/h2-16,24-27H,17H2,1H3/t24-,25-,26+/m0/s1. The summed E-state index contributed by atoms with van der Waals surface area (Å²) in [6, 6.07) is 25.4. The Labute approximate surface area is 176 Å². The predicted octanol–water partition coefficient (Wildman–Crippen LogP) is 4.99. The van der Waals surface area contributed by atoms with Crippen LogP contribution in [0.1, 0.15) is 28.9 Å². The number of benzene rings is 3. The van der Waals surface area contributed by atoms with Crippen molar-refractivity contribution in [3.8, 4) is 16.9 Å². The summed E-state index contributed by atoms with van der Waals surface area (Å²) in [5.41, 5.74) is 3.86. The highest BCUT2D eigenvalue weighted by atomic mass is 16.6. The van der Waals surface area contributed by atoms with Crippen molar-refractivity contribution in [3.63, 3.8) is 0 Å². The van der Waals surface area contributed by atoms with Crippen LogP contribution in [0.15, 0.2) is 91.0 Å². The summed E-state index contributed by atoms with van der Waals surface area (Å²) in [4.78, 5) is 11.5. The van der Waals surface area contributed by atoms with Crippen LogP contribution in [0.25, 0.3) is 11.1 Å². The van der Waals surface area contributed by atoms with E-state index >= 15 is 0 Å². The minimum atomic E-state index is -0.485. The Hall–Kier alpha value is -3.21. The van der Waals surface area contributed by atoms with Crippen LogP contribution in [0.4, 0.5) is 0 Å². The SMILES string of the molecule is CC(=O)c1ccc([C@@H]2C=C[C@H](Oc3ccc(-c4ccccc4)cc3)[C@@H](CO)O2)cc1. The van der Waals surface area contributed by atoms with Gasteiger partial charge in [-0.15, -0.1) is 0 Å². The number of carbonyl (C=O) groups excluding carboxylic acids is 1. The van der Waals surface area contributed by atoms with Gasteiger partial charge in [0.1, 0.15) is 24.1 Å². The maximum atomic E-state index is 11.5. The van der Waals surface area contributed by atoms with Gasteiger partial charge in [0.25, 0.3) is 0 Å². The minimum absolute atomic E-state index is 0.0293. The number of rotatable bonds is 6. The molecule has 0 aromatic heterocycles. The molecule has 1 aliphatic heterocycles. The Bertz CT molecular complexity index is 1010. The molecule has 0 saturated carbocycles. The number of hydrogen-bond acceptors (Lipinski definition) is 4. The molecule has 4 nitrogen and oxygen atoms in total. The van der Waals surface area contributed by atoms with Gasteiger partial charge < -0.3 is 14.6 Å². The molecule has 1 N–H and O–H groups in total. The molecule has 0 saturated heterocycles. The van der Waals surface area contributed by atoms with Gasteiger partial charge in [-0.3, -0.25) is 4.79 Å². The van der Waals surface area contributed by atoms with Gasteiger partial charge in [0.05, 0.1) is 6.61 Å². The maximum Gasteiger partial charge on any atom is 0.159 e. The third-order valence-electron chi connectivity index (χ3n) is 5.22. The zero-order chi connectivity index (χ0) is 20.9. The van der Waals surface area contributed by atoms with Crippen molar-refractivity contribution in [1.29, 1.82) is 0 Å². The van der Waals surface area contributed by atoms with E-state index in [1.54, 1.807) is 19.1 Å². The molecule has 0 fully saturated rings. The van der Waals surface area contributed by atoms with E-state index < -0.39 is 6.10 Å². The first-order valence-electron chi connectivity index (χ1n) is 10.0. The van der Waals surface area contributed by atoms with Crippen molar-refractivity contribution < 1.29 is 19.4 Å². The molecule has 0 unspecified atom stereocenters. The maximum absolute atomic E-state index is 11.5. The smallest absolute Gasteiger partial charge is 0.159 e. The molecular weight excluding hydrogens is 376 g/mol. The first-order valence-corrected chi connectivity index (χ1v) is 10.0. The van der Waals surface area contributed by atoms with E-state index in [0.717, 1.165) is 22.4 Å². The van der Waals surface area contributed by atoms with E-state index in [2.05, 4.69) is 12.1 Å². The van der Waals surface area contributed by atoms with Crippen LogP contribution in [0.3, 0.4) is 0 Å². The highest BCUT2D eigenvalue weighted by Gasteiger charge is 2.29. The van der Waals surface area contributed by atoms with Gasteiger partial charge in [0.2, 0.25) is 0 Å². The molecule has 4 heteroatoms. The third kappa shape index (κ3) is 4.51. The average molecular weight is 400 g/mol. The molecule has 0 aliphatic carbocycles. The second kappa shape index (κ2) is 9.08. The van der Waals surface area contributed by atoms with E-state index in [9.17, 15) is 9.90 Å². The molecule has 0 spiro atoms. The Kier molecular flexibility index (Phi) is 6.07. The van der Waals surface area contributed by atoms with E-state index in [1.807, 2.05) is 66.7 Å². The summed E-state index contributed by atoms with van der Waals surface area (Å²) in [5, 5.41) is 9.83. The van der Waals surface area contributed by atoms with Crippen LogP contribution in [0.5, 0.6) is 5.75 Å². The van der Waals surface area contributed by atoms with E-state index in [-0.39, 0.29) is 24.6 Å². The number of aliphatic hydroxyl groups excluding tert-OH is 1. The van der Waals surface area contributed by atoms with Gasteiger partial charge in [-0.1, -0.05) is 72.8 Å². The Balaban J connectivity index is 1.46. The summed E-state index contributed by atoms with van der Waals surface area (Å²) >= 11 is 0. The predicted molar refractivity (Wildman–Crippen MR) is 117 cm³/mol. The number of hydrogen-bond donors (Lipinski definition) is 1. The molecule has 3 aromatic rings. The Morgan fingerprint density at radius 3 is 2.20 bits per heavy atom. The van der Waals surface area contributed by atoms with Crippen LogP contribution >= 0.6 is 0 Å². The van der Waals surface area contributed by atoms with Crippen LogP contribution < -0.4 is 4.74 Å². The highest BCUT2D eigenvalue weighted by Crippen LogP contribution is 2.29. The molecule has 1 aliphatic rings.